The van der Waals surface area contributed by atoms with Gasteiger partial charge in [-0.05, 0) is 31.5 Å². The summed E-state index contributed by atoms with van der Waals surface area (Å²) in [5.74, 6) is -0.0235. The van der Waals surface area contributed by atoms with Crippen LogP contribution in [-0.4, -0.2) is 48.5 Å². The molecule has 0 bridgehead atoms. The average Bonchev–Trinajstić information content (AvgIpc) is 3.49. The van der Waals surface area contributed by atoms with Crippen molar-refractivity contribution in [3.63, 3.8) is 0 Å². The van der Waals surface area contributed by atoms with Gasteiger partial charge in [0.2, 0.25) is 5.91 Å². The molecule has 32 heavy (non-hydrogen) atoms. The molecule has 3 aromatic heterocycles. The van der Waals surface area contributed by atoms with E-state index in [1.54, 1.807) is 12.5 Å². The number of furan rings is 1. The molecule has 3 heterocycles. The second kappa shape index (κ2) is 9.31. The molecular formula is C22H23N5O4S. The van der Waals surface area contributed by atoms with E-state index in [4.69, 9.17) is 4.42 Å². The first kappa shape index (κ1) is 21.7. The number of nitrogens with one attached hydrogen (secondary N) is 2. The Bertz CT molecular complexity index is 1260. The van der Waals surface area contributed by atoms with Gasteiger partial charge in [-0.15, -0.1) is 10.2 Å². The van der Waals surface area contributed by atoms with E-state index in [1.807, 2.05) is 48.7 Å². The monoisotopic (exact) mass is 453 g/mol. The third-order valence-electron chi connectivity index (χ3n) is 5.20. The number of carbonyl (C=O) groups excluding carboxylic acids is 1. The second-order valence-electron chi connectivity index (χ2n) is 7.25. The Morgan fingerprint density at radius 3 is 2.81 bits per heavy atom. The van der Waals surface area contributed by atoms with E-state index in [-0.39, 0.29) is 18.1 Å². The first-order chi connectivity index (χ1) is 15.5. The van der Waals surface area contributed by atoms with Crippen molar-refractivity contribution >= 4 is 34.5 Å². The van der Waals surface area contributed by atoms with E-state index in [9.17, 15) is 14.7 Å². The van der Waals surface area contributed by atoms with E-state index in [0.717, 1.165) is 27.8 Å². The summed E-state index contributed by atoms with van der Waals surface area (Å²) >= 11 is 1.22. The number of nitrogens with zero attached hydrogens (tertiary/aromatic N) is 3. The van der Waals surface area contributed by atoms with Crippen molar-refractivity contribution in [1.29, 1.82) is 0 Å². The summed E-state index contributed by atoms with van der Waals surface area (Å²) in [7, 11) is 0. The molecule has 0 aliphatic heterocycles. The molecule has 9 nitrogen and oxygen atoms in total. The average molecular weight is 454 g/mol. The van der Waals surface area contributed by atoms with Gasteiger partial charge in [-0.2, -0.15) is 0 Å². The maximum atomic E-state index is 12.5. The van der Waals surface area contributed by atoms with Crippen molar-refractivity contribution in [2.75, 3.05) is 5.75 Å². The number of hydrogen-bond acceptors (Lipinski definition) is 6. The number of amides is 1. The highest BCUT2D eigenvalue weighted by molar-refractivity contribution is 7.99. The molecule has 0 saturated heterocycles. The van der Waals surface area contributed by atoms with Crippen molar-refractivity contribution in [3.8, 4) is 11.4 Å². The zero-order valence-electron chi connectivity index (χ0n) is 17.7. The summed E-state index contributed by atoms with van der Waals surface area (Å²) < 4.78 is 7.25. The number of aromatic amines is 1. The van der Waals surface area contributed by atoms with Crippen molar-refractivity contribution < 1.29 is 19.1 Å². The number of carboxylic acid groups (broad SMARTS) is 1. The van der Waals surface area contributed by atoms with Gasteiger partial charge >= 0.3 is 5.97 Å². The van der Waals surface area contributed by atoms with E-state index < -0.39 is 12.0 Å². The van der Waals surface area contributed by atoms with Crippen molar-refractivity contribution in [3.05, 3.63) is 54.1 Å². The lowest BCUT2D eigenvalue weighted by atomic mass is 10.1. The van der Waals surface area contributed by atoms with Gasteiger partial charge in [-0.1, -0.05) is 30.0 Å². The predicted molar refractivity (Wildman–Crippen MR) is 120 cm³/mol. The highest BCUT2D eigenvalue weighted by Gasteiger charge is 2.23. The minimum absolute atomic E-state index is 0.0279. The number of aliphatic carboxylic acids is 1. The molecule has 0 saturated carbocycles. The third kappa shape index (κ3) is 4.40. The molecule has 0 aliphatic rings. The number of rotatable bonds is 9. The van der Waals surface area contributed by atoms with E-state index >= 15 is 0 Å². The van der Waals surface area contributed by atoms with Crippen LogP contribution in [0.15, 0.2) is 52.4 Å². The van der Waals surface area contributed by atoms with Crippen LogP contribution in [-0.2, 0) is 22.6 Å². The number of aromatic nitrogens is 4. The number of carboxylic acids is 1. The minimum Gasteiger partial charge on any atom is -0.480 e. The van der Waals surface area contributed by atoms with Crippen molar-refractivity contribution in [1.82, 2.24) is 25.1 Å². The number of fused-ring (bicyclic) bond motifs is 1. The van der Waals surface area contributed by atoms with Crippen molar-refractivity contribution in [2.45, 2.75) is 38.0 Å². The number of thioether (sulfide) groups is 1. The number of benzene rings is 1. The van der Waals surface area contributed by atoms with E-state index in [0.29, 0.717) is 17.5 Å². The van der Waals surface area contributed by atoms with Gasteiger partial charge in [-0.25, -0.2) is 4.79 Å². The standard InChI is InChI=1S/C22H23N5O4S/c1-3-27-20(15-8-9-31-13(15)2)25-26-22(27)32-12-19(28)24-18(21(29)30)10-14-11-23-17-7-5-4-6-16(14)17/h4-9,11,18,23H,3,10,12H2,1-2H3,(H,24,28)(H,29,30). The molecule has 3 N–H and O–H groups in total. The Balaban J connectivity index is 1.42. The molecule has 1 unspecified atom stereocenters. The van der Waals surface area contributed by atoms with Crippen LogP contribution in [0.2, 0.25) is 0 Å². The van der Waals surface area contributed by atoms with Gasteiger partial charge in [0, 0.05) is 30.1 Å². The SMILES string of the molecule is CCn1c(SCC(=O)NC(Cc2c[nH]c3ccccc23)C(=O)O)nnc1-c1ccoc1C. The van der Waals surface area contributed by atoms with Crippen LogP contribution in [0, 0.1) is 6.92 Å². The number of para-hydroxylation sites is 1. The molecule has 4 rings (SSSR count). The number of aryl methyl sites for hydroxylation is 1. The molecule has 0 aliphatic carbocycles. The fourth-order valence-electron chi connectivity index (χ4n) is 3.58. The van der Waals surface area contributed by atoms with Crippen LogP contribution >= 0.6 is 11.8 Å². The Morgan fingerprint density at radius 1 is 1.28 bits per heavy atom. The largest absolute Gasteiger partial charge is 0.480 e. The molecular weight excluding hydrogens is 430 g/mol. The summed E-state index contributed by atoms with van der Waals surface area (Å²) in [5.41, 5.74) is 2.61. The van der Waals surface area contributed by atoms with Gasteiger partial charge in [0.15, 0.2) is 11.0 Å². The van der Waals surface area contributed by atoms with Gasteiger partial charge in [0.05, 0.1) is 17.6 Å². The molecule has 10 heteroatoms. The molecule has 0 spiro atoms. The number of hydrogen-bond donors (Lipinski definition) is 3. The van der Waals surface area contributed by atoms with Crippen LogP contribution in [0.25, 0.3) is 22.3 Å². The minimum atomic E-state index is -1.08. The Morgan fingerprint density at radius 2 is 2.09 bits per heavy atom. The fraction of sp³-hybridized carbons (Fsp3) is 0.273. The van der Waals surface area contributed by atoms with Crippen LogP contribution in [0.5, 0.6) is 0 Å². The Hall–Kier alpha value is -3.53. The smallest absolute Gasteiger partial charge is 0.326 e. The zero-order chi connectivity index (χ0) is 22.7. The molecule has 1 atom stereocenters. The highest BCUT2D eigenvalue weighted by atomic mass is 32.2. The molecule has 0 radical (unpaired) electrons. The van der Waals surface area contributed by atoms with Crippen LogP contribution in [0.4, 0.5) is 0 Å². The second-order valence-corrected chi connectivity index (χ2v) is 8.19. The zero-order valence-corrected chi connectivity index (χ0v) is 18.5. The van der Waals surface area contributed by atoms with Gasteiger partial charge in [-0.3, -0.25) is 4.79 Å². The van der Waals surface area contributed by atoms with Gasteiger partial charge in [0.25, 0.3) is 0 Å². The Labute approximate surface area is 188 Å². The topological polar surface area (TPSA) is 126 Å². The summed E-state index contributed by atoms with van der Waals surface area (Å²) in [6.45, 7) is 4.44. The molecule has 1 amide bonds. The highest BCUT2D eigenvalue weighted by Crippen LogP contribution is 2.27. The van der Waals surface area contributed by atoms with Gasteiger partial charge in [0.1, 0.15) is 11.8 Å². The Kier molecular flexibility index (Phi) is 6.31. The van der Waals surface area contributed by atoms with Gasteiger partial charge < -0.3 is 24.4 Å². The maximum absolute atomic E-state index is 12.5. The lowest BCUT2D eigenvalue weighted by Gasteiger charge is -2.14. The summed E-state index contributed by atoms with van der Waals surface area (Å²) in [6, 6.07) is 8.45. The van der Waals surface area contributed by atoms with Crippen LogP contribution in [0.1, 0.15) is 18.2 Å². The first-order valence-electron chi connectivity index (χ1n) is 10.2. The summed E-state index contributed by atoms with van der Waals surface area (Å²) in [5, 5.41) is 22.2. The van der Waals surface area contributed by atoms with E-state index in [1.165, 1.54) is 11.8 Å². The molecule has 1 aromatic carbocycles. The summed E-state index contributed by atoms with van der Waals surface area (Å²) in [6.07, 6.45) is 3.56. The molecule has 4 aromatic rings. The van der Waals surface area contributed by atoms with Crippen molar-refractivity contribution in [2.24, 2.45) is 0 Å². The van der Waals surface area contributed by atoms with E-state index in [2.05, 4.69) is 20.5 Å². The quantitative estimate of drug-likeness (QED) is 0.332. The summed E-state index contributed by atoms with van der Waals surface area (Å²) in [4.78, 5) is 27.4. The third-order valence-corrected chi connectivity index (χ3v) is 6.16. The maximum Gasteiger partial charge on any atom is 0.326 e. The normalized spacial score (nSPS) is 12.2. The molecule has 166 valence electrons. The fourth-order valence-corrected chi connectivity index (χ4v) is 4.40. The lowest BCUT2D eigenvalue weighted by Crippen LogP contribution is -2.43. The number of carbonyl (C=O) groups is 2. The van der Waals surface area contributed by atoms with Crippen LogP contribution in [0.3, 0.4) is 0 Å². The number of H-pyrrole nitrogens is 1. The lowest BCUT2D eigenvalue weighted by molar-refractivity contribution is -0.141. The predicted octanol–water partition coefficient (Wildman–Crippen LogP) is 3.25. The molecule has 0 fully saturated rings. The first-order valence-corrected chi connectivity index (χ1v) is 11.1. The van der Waals surface area contributed by atoms with Crippen LogP contribution < -0.4 is 5.32 Å².